The zero-order valence-corrected chi connectivity index (χ0v) is 10.7. The maximum absolute atomic E-state index is 12.0. The molecule has 17 heavy (non-hydrogen) atoms. The second-order valence-electron chi connectivity index (χ2n) is 5.55. The van der Waals surface area contributed by atoms with E-state index < -0.39 is 11.4 Å². The fourth-order valence-electron chi connectivity index (χ4n) is 2.16. The Hall–Kier alpha value is -0.870. The van der Waals surface area contributed by atoms with Crippen LogP contribution in [0.5, 0.6) is 0 Å². The van der Waals surface area contributed by atoms with E-state index in [-0.39, 0.29) is 5.97 Å². The number of hydrogen-bond donors (Lipinski definition) is 0. The molecule has 0 amide bonds. The molecule has 1 aliphatic heterocycles. The second kappa shape index (κ2) is 4.42. The van der Waals surface area contributed by atoms with Crippen LogP contribution in [0.2, 0.25) is 0 Å². The number of ether oxygens (including phenoxy) is 3. The molecule has 96 valence electrons. The summed E-state index contributed by atoms with van der Waals surface area (Å²) >= 11 is 0. The Balaban J connectivity index is 2.02. The van der Waals surface area contributed by atoms with Crippen molar-refractivity contribution in [3.8, 4) is 0 Å². The maximum Gasteiger partial charge on any atom is 0.334 e. The molecule has 0 aromatic carbocycles. The molecule has 4 heteroatoms. The van der Waals surface area contributed by atoms with Gasteiger partial charge in [0, 0.05) is 18.4 Å². The van der Waals surface area contributed by atoms with E-state index in [4.69, 9.17) is 14.2 Å². The highest BCUT2D eigenvalue weighted by Gasteiger charge is 2.40. The molecule has 0 atom stereocenters. The Morgan fingerprint density at radius 2 is 2.00 bits per heavy atom. The van der Waals surface area contributed by atoms with Gasteiger partial charge in [0.1, 0.15) is 5.60 Å². The lowest BCUT2D eigenvalue weighted by Gasteiger charge is -2.31. The van der Waals surface area contributed by atoms with Crippen molar-refractivity contribution in [1.82, 2.24) is 0 Å². The lowest BCUT2D eigenvalue weighted by Crippen LogP contribution is -2.35. The summed E-state index contributed by atoms with van der Waals surface area (Å²) in [5.41, 5.74) is 0.216. The van der Waals surface area contributed by atoms with Gasteiger partial charge in [-0.1, -0.05) is 6.08 Å². The third kappa shape index (κ3) is 3.07. The number of rotatable bonds is 1. The van der Waals surface area contributed by atoms with Gasteiger partial charge in [-0.25, -0.2) is 4.79 Å². The van der Waals surface area contributed by atoms with E-state index >= 15 is 0 Å². The Morgan fingerprint density at radius 1 is 1.35 bits per heavy atom. The number of allylic oxidation sites excluding steroid dienone is 1. The molecule has 0 bridgehead atoms. The van der Waals surface area contributed by atoms with E-state index in [0.717, 1.165) is 12.8 Å². The van der Waals surface area contributed by atoms with Gasteiger partial charge in [-0.15, -0.1) is 0 Å². The van der Waals surface area contributed by atoms with E-state index in [2.05, 4.69) is 0 Å². The first-order valence-electron chi connectivity index (χ1n) is 6.11. The van der Waals surface area contributed by atoms with Crippen LogP contribution in [-0.4, -0.2) is 30.6 Å². The first-order chi connectivity index (χ1) is 7.90. The van der Waals surface area contributed by atoms with E-state index in [9.17, 15) is 4.79 Å². The van der Waals surface area contributed by atoms with Crippen molar-refractivity contribution in [3.63, 3.8) is 0 Å². The summed E-state index contributed by atoms with van der Waals surface area (Å²) in [5, 5.41) is 0. The van der Waals surface area contributed by atoms with Crippen molar-refractivity contribution < 1.29 is 19.0 Å². The molecule has 0 aromatic rings. The van der Waals surface area contributed by atoms with Gasteiger partial charge in [0.15, 0.2) is 5.79 Å². The standard InChI is InChI=1S/C13H20O4/c1-12(2,3)17-11(14)10-5-4-6-13(9-10)15-7-8-16-13/h5H,4,6-9H2,1-3H3. The van der Waals surface area contributed by atoms with Crippen LogP contribution in [0.3, 0.4) is 0 Å². The lowest BCUT2D eigenvalue weighted by molar-refractivity contribution is -0.170. The molecule has 0 aromatic heterocycles. The molecular weight excluding hydrogens is 220 g/mol. The number of hydrogen-bond acceptors (Lipinski definition) is 4. The van der Waals surface area contributed by atoms with Crippen LogP contribution in [0.4, 0.5) is 0 Å². The summed E-state index contributed by atoms with van der Waals surface area (Å²) in [6.07, 6.45) is 4.06. The Morgan fingerprint density at radius 3 is 2.59 bits per heavy atom. The summed E-state index contributed by atoms with van der Waals surface area (Å²) in [6, 6.07) is 0. The third-order valence-corrected chi connectivity index (χ3v) is 2.85. The van der Waals surface area contributed by atoms with Gasteiger partial charge in [-0.2, -0.15) is 0 Å². The fourth-order valence-corrected chi connectivity index (χ4v) is 2.16. The Labute approximate surface area is 102 Å². The first kappa shape index (κ1) is 12.6. The molecule has 2 rings (SSSR count). The zero-order chi connectivity index (χ0) is 12.5. The van der Waals surface area contributed by atoms with Crippen LogP contribution in [-0.2, 0) is 19.0 Å². The van der Waals surface area contributed by atoms with Crippen LogP contribution >= 0.6 is 0 Å². The van der Waals surface area contributed by atoms with Crippen LogP contribution in [0.15, 0.2) is 11.6 Å². The zero-order valence-electron chi connectivity index (χ0n) is 10.7. The minimum absolute atomic E-state index is 0.254. The van der Waals surface area contributed by atoms with Crippen molar-refractivity contribution >= 4 is 5.97 Å². The molecule has 1 saturated heterocycles. The van der Waals surface area contributed by atoms with Gasteiger partial charge in [-0.05, 0) is 27.2 Å². The minimum Gasteiger partial charge on any atom is -0.457 e. The lowest BCUT2D eigenvalue weighted by atomic mass is 9.93. The Kier molecular flexibility index (Phi) is 3.27. The molecule has 0 saturated carbocycles. The average Bonchev–Trinajstić information content (AvgIpc) is 2.64. The molecule has 1 heterocycles. The number of carbonyl (C=O) groups excluding carboxylic acids is 1. The summed E-state index contributed by atoms with van der Waals surface area (Å²) in [5.74, 6) is -0.822. The third-order valence-electron chi connectivity index (χ3n) is 2.85. The van der Waals surface area contributed by atoms with Gasteiger partial charge in [0.05, 0.1) is 13.2 Å². The van der Waals surface area contributed by atoms with Gasteiger partial charge >= 0.3 is 5.97 Å². The normalized spacial score (nSPS) is 23.6. The van der Waals surface area contributed by atoms with Gasteiger partial charge in [0.2, 0.25) is 0 Å². The predicted molar refractivity (Wildman–Crippen MR) is 62.4 cm³/mol. The molecule has 1 spiro atoms. The topological polar surface area (TPSA) is 44.8 Å². The molecule has 1 aliphatic carbocycles. The molecule has 4 nitrogen and oxygen atoms in total. The van der Waals surface area contributed by atoms with Gasteiger partial charge in [-0.3, -0.25) is 0 Å². The smallest absolute Gasteiger partial charge is 0.334 e. The molecule has 2 aliphatic rings. The number of carbonyl (C=O) groups is 1. The molecule has 0 radical (unpaired) electrons. The Bertz CT molecular complexity index is 332. The summed E-state index contributed by atoms with van der Waals surface area (Å²) in [6.45, 7) is 6.83. The quantitative estimate of drug-likeness (QED) is 0.659. The fraction of sp³-hybridized carbons (Fsp3) is 0.769. The van der Waals surface area contributed by atoms with E-state index in [1.807, 2.05) is 26.8 Å². The molecule has 1 fully saturated rings. The van der Waals surface area contributed by atoms with Crippen molar-refractivity contribution in [2.24, 2.45) is 0 Å². The monoisotopic (exact) mass is 240 g/mol. The SMILES string of the molecule is CC(C)(C)OC(=O)C1=CCCC2(C1)OCCO2. The van der Waals surface area contributed by atoms with Crippen LogP contribution < -0.4 is 0 Å². The molecule has 0 unspecified atom stereocenters. The van der Waals surface area contributed by atoms with E-state index in [1.54, 1.807) is 0 Å². The van der Waals surface area contributed by atoms with Crippen molar-refractivity contribution in [2.45, 2.75) is 51.4 Å². The average molecular weight is 240 g/mol. The van der Waals surface area contributed by atoms with Crippen LogP contribution in [0.1, 0.15) is 40.0 Å². The maximum atomic E-state index is 12.0. The van der Waals surface area contributed by atoms with Crippen molar-refractivity contribution in [1.29, 1.82) is 0 Å². The van der Waals surface area contributed by atoms with Crippen LogP contribution in [0.25, 0.3) is 0 Å². The van der Waals surface area contributed by atoms with E-state index in [0.29, 0.717) is 25.2 Å². The largest absolute Gasteiger partial charge is 0.457 e. The highest BCUT2D eigenvalue weighted by Crippen LogP contribution is 2.36. The van der Waals surface area contributed by atoms with Gasteiger partial charge < -0.3 is 14.2 Å². The minimum atomic E-state index is -0.568. The predicted octanol–water partition coefficient (Wildman–Crippen LogP) is 2.18. The molecular formula is C13H20O4. The highest BCUT2D eigenvalue weighted by molar-refractivity contribution is 5.89. The van der Waals surface area contributed by atoms with Crippen molar-refractivity contribution in [2.75, 3.05) is 13.2 Å². The van der Waals surface area contributed by atoms with Crippen LogP contribution in [0, 0.1) is 0 Å². The number of esters is 1. The highest BCUT2D eigenvalue weighted by atomic mass is 16.7. The summed E-state index contributed by atoms with van der Waals surface area (Å²) in [7, 11) is 0. The summed E-state index contributed by atoms with van der Waals surface area (Å²) < 4.78 is 16.6. The molecule has 0 N–H and O–H groups in total. The van der Waals surface area contributed by atoms with Crippen molar-refractivity contribution in [3.05, 3.63) is 11.6 Å². The summed E-state index contributed by atoms with van der Waals surface area (Å²) in [4.78, 5) is 12.0. The van der Waals surface area contributed by atoms with Gasteiger partial charge in [0.25, 0.3) is 0 Å². The second-order valence-corrected chi connectivity index (χ2v) is 5.55. The van der Waals surface area contributed by atoms with E-state index in [1.165, 1.54) is 0 Å². The first-order valence-corrected chi connectivity index (χ1v) is 6.11.